The maximum Gasteiger partial charge on any atom is 0.416 e. The summed E-state index contributed by atoms with van der Waals surface area (Å²) in [5, 5.41) is 7.54. The maximum atomic E-state index is 13.2. The molecule has 4 nitrogen and oxygen atoms in total. The van der Waals surface area contributed by atoms with E-state index in [9.17, 15) is 21.6 Å². The minimum absolute atomic E-state index is 0.0121. The molecule has 0 amide bonds. The van der Waals surface area contributed by atoms with Crippen LogP contribution in [0.25, 0.3) is 11.1 Å². The van der Waals surface area contributed by atoms with E-state index in [-0.39, 0.29) is 15.6 Å². The number of thioether (sulfide) groups is 1. The summed E-state index contributed by atoms with van der Waals surface area (Å²) in [5.74, 6) is -0.217. The molecule has 0 spiro atoms. The van der Waals surface area contributed by atoms with Gasteiger partial charge in [-0.1, -0.05) is 24.3 Å². The van der Waals surface area contributed by atoms with Gasteiger partial charge in [-0.15, -0.1) is 23.1 Å². The van der Waals surface area contributed by atoms with Crippen LogP contribution < -0.4 is 5.73 Å². The van der Waals surface area contributed by atoms with Gasteiger partial charge in [0.25, 0.3) is 0 Å². The van der Waals surface area contributed by atoms with Gasteiger partial charge in [0.15, 0.2) is 0 Å². The third-order valence-corrected chi connectivity index (χ3v) is 8.43. The van der Waals surface area contributed by atoms with Crippen molar-refractivity contribution in [3.8, 4) is 11.1 Å². The Balaban J connectivity index is 2.04. The highest BCUT2D eigenvalue weighted by Crippen LogP contribution is 2.38. The summed E-state index contributed by atoms with van der Waals surface area (Å²) in [6, 6.07) is 11.9. The number of sulfone groups is 1. The molecule has 0 bridgehead atoms. The Bertz CT molecular complexity index is 1170. The van der Waals surface area contributed by atoms with E-state index in [0.29, 0.717) is 20.2 Å². The van der Waals surface area contributed by atoms with Crippen molar-refractivity contribution in [2.75, 3.05) is 6.26 Å². The zero-order valence-corrected chi connectivity index (χ0v) is 17.4. The van der Waals surface area contributed by atoms with Gasteiger partial charge in [-0.25, -0.2) is 8.42 Å². The van der Waals surface area contributed by atoms with Crippen molar-refractivity contribution in [1.82, 2.24) is 0 Å². The number of alkyl halides is 3. The molecule has 10 heteroatoms. The first kappa shape index (κ1) is 21.4. The van der Waals surface area contributed by atoms with Crippen LogP contribution in [0.2, 0.25) is 0 Å². The van der Waals surface area contributed by atoms with E-state index in [2.05, 4.69) is 0 Å². The molecule has 0 saturated carbocycles. The minimum atomic E-state index is -4.44. The third kappa shape index (κ3) is 4.34. The highest BCUT2D eigenvalue weighted by molar-refractivity contribution is 8.01. The van der Waals surface area contributed by atoms with E-state index in [0.717, 1.165) is 23.5 Å². The lowest BCUT2D eigenvalue weighted by atomic mass is 10.0. The third-order valence-electron chi connectivity index (χ3n) is 4.10. The summed E-state index contributed by atoms with van der Waals surface area (Å²) in [6.07, 6.45) is -2.71. The molecular formula is C19H15F3N2O2S3. The molecule has 152 valence electrons. The lowest BCUT2D eigenvalue weighted by Gasteiger charge is -2.09. The topological polar surface area (TPSA) is 84.0 Å². The number of benzene rings is 2. The quantitative estimate of drug-likeness (QED) is 0.311. The molecule has 0 radical (unpaired) electrons. The van der Waals surface area contributed by atoms with Crippen molar-refractivity contribution in [2.24, 2.45) is 5.73 Å². The zero-order valence-electron chi connectivity index (χ0n) is 14.9. The molecule has 0 aliphatic heterocycles. The number of nitrogens with two attached hydrogens (primary N) is 1. The number of hydrogen-bond donors (Lipinski definition) is 2. The first-order valence-electron chi connectivity index (χ1n) is 8.09. The van der Waals surface area contributed by atoms with Gasteiger partial charge in [-0.2, -0.15) is 13.2 Å². The van der Waals surface area contributed by atoms with Crippen LogP contribution in [0.5, 0.6) is 0 Å². The summed E-state index contributed by atoms with van der Waals surface area (Å²) >= 11 is 2.36. The number of hydrogen-bond acceptors (Lipinski definition) is 5. The average molecular weight is 457 g/mol. The van der Waals surface area contributed by atoms with Gasteiger partial charge in [0.1, 0.15) is 5.84 Å². The second-order valence-corrected chi connectivity index (χ2v) is 10.0. The molecule has 0 aliphatic rings. The van der Waals surface area contributed by atoms with Crippen LogP contribution >= 0.6 is 23.1 Å². The van der Waals surface area contributed by atoms with E-state index in [1.807, 2.05) is 0 Å². The Labute approximate surface area is 174 Å². The molecule has 29 heavy (non-hydrogen) atoms. The van der Waals surface area contributed by atoms with Gasteiger partial charge in [0, 0.05) is 0 Å². The summed E-state index contributed by atoms with van der Waals surface area (Å²) < 4.78 is 65.1. The summed E-state index contributed by atoms with van der Waals surface area (Å²) in [5.41, 5.74) is 5.66. The smallest absolute Gasteiger partial charge is 0.383 e. The molecule has 3 N–H and O–H groups in total. The first-order chi connectivity index (χ1) is 13.5. The van der Waals surface area contributed by atoms with Crippen LogP contribution in [0.1, 0.15) is 10.4 Å². The van der Waals surface area contributed by atoms with Crippen LogP contribution in [0, 0.1) is 5.41 Å². The molecule has 2 aromatic carbocycles. The standard InChI is InChI=1S/C19H15F3N2O2S3/c1-27-18-16(10-15(28-18)17(23)24)29(25,26)14-4-2-3-12(9-14)11-5-7-13(8-6-11)19(20,21)22/h2-10H,1H3,(H3,23,24). The Morgan fingerprint density at radius 2 is 1.72 bits per heavy atom. The van der Waals surface area contributed by atoms with Gasteiger partial charge in [-0.05, 0) is 47.7 Å². The van der Waals surface area contributed by atoms with Crippen LogP contribution in [0.3, 0.4) is 0 Å². The number of nitrogen functional groups attached to an aromatic ring is 1. The van der Waals surface area contributed by atoms with E-state index in [1.165, 1.54) is 48.2 Å². The van der Waals surface area contributed by atoms with Crippen LogP contribution in [0.4, 0.5) is 13.2 Å². The molecule has 3 rings (SSSR count). The fraction of sp³-hybridized carbons (Fsp3) is 0.105. The summed E-state index contributed by atoms with van der Waals surface area (Å²) in [4.78, 5) is 0.426. The average Bonchev–Trinajstić information content (AvgIpc) is 3.13. The summed E-state index contributed by atoms with van der Waals surface area (Å²) in [7, 11) is -3.90. The van der Waals surface area contributed by atoms with E-state index < -0.39 is 21.6 Å². The van der Waals surface area contributed by atoms with E-state index in [4.69, 9.17) is 11.1 Å². The molecule has 1 heterocycles. The monoisotopic (exact) mass is 456 g/mol. The number of halogens is 3. The van der Waals surface area contributed by atoms with Crippen molar-refractivity contribution in [3.05, 3.63) is 65.0 Å². The molecule has 0 atom stereocenters. The van der Waals surface area contributed by atoms with E-state index >= 15 is 0 Å². The SMILES string of the molecule is CSc1sc(C(=N)N)cc1S(=O)(=O)c1cccc(-c2ccc(C(F)(F)F)cc2)c1. The second kappa shape index (κ2) is 7.85. The van der Waals surface area contributed by atoms with E-state index in [1.54, 1.807) is 12.3 Å². The fourth-order valence-corrected chi connectivity index (χ4v) is 6.54. The van der Waals surface area contributed by atoms with Crippen LogP contribution in [0.15, 0.2) is 68.6 Å². The Hall–Kier alpha value is -2.30. The minimum Gasteiger partial charge on any atom is -0.383 e. The number of thiophene rings is 1. The first-order valence-corrected chi connectivity index (χ1v) is 11.6. The summed E-state index contributed by atoms with van der Waals surface area (Å²) in [6.45, 7) is 0. The molecule has 1 aromatic heterocycles. The maximum absolute atomic E-state index is 13.2. The second-order valence-electron chi connectivity index (χ2n) is 5.99. The van der Waals surface area contributed by atoms with Gasteiger partial charge in [0.05, 0.1) is 24.4 Å². The number of amidine groups is 1. The van der Waals surface area contributed by atoms with Gasteiger partial charge < -0.3 is 5.73 Å². The van der Waals surface area contributed by atoms with Gasteiger partial charge in [-0.3, -0.25) is 5.41 Å². The van der Waals surface area contributed by atoms with Gasteiger partial charge >= 0.3 is 6.18 Å². The molecule has 0 fully saturated rings. The fourth-order valence-electron chi connectivity index (χ4n) is 2.64. The largest absolute Gasteiger partial charge is 0.416 e. The highest BCUT2D eigenvalue weighted by atomic mass is 32.2. The van der Waals surface area contributed by atoms with Gasteiger partial charge in [0.2, 0.25) is 9.84 Å². The highest BCUT2D eigenvalue weighted by Gasteiger charge is 2.30. The van der Waals surface area contributed by atoms with Crippen molar-refractivity contribution < 1.29 is 21.6 Å². The zero-order chi connectivity index (χ0) is 21.4. The van der Waals surface area contributed by atoms with Crippen LogP contribution in [-0.4, -0.2) is 20.5 Å². The molecule has 0 saturated heterocycles. The number of rotatable bonds is 5. The lowest BCUT2D eigenvalue weighted by molar-refractivity contribution is -0.137. The normalized spacial score (nSPS) is 12.1. The van der Waals surface area contributed by atoms with Crippen molar-refractivity contribution in [1.29, 1.82) is 5.41 Å². The predicted molar refractivity (Wildman–Crippen MR) is 109 cm³/mol. The number of nitrogens with one attached hydrogen (secondary N) is 1. The van der Waals surface area contributed by atoms with Crippen molar-refractivity contribution in [3.63, 3.8) is 0 Å². The lowest BCUT2D eigenvalue weighted by Crippen LogP contribution is -2.08. The molecule has 0 aliphatic carbocycles. The van der Waals surface area contributed by atoms with Crippen molar-refractivity contribution in [2.45, 2.75) is 20.2 Å². The predicted octanol–water partition coefficient (Wildman–Crippen LogP) is 5.27. The van der Waals surface area contributed by atoms with Crippen LogP contribution in [-0.2, 0) is 16.0 Å². The Kier molecular flexibility index (Phi) is 5.79. The molecular weight excluding hydrogens is 441 g/mol. The molecule has 0 unspecified atom stereocenters. The Morgan fingerprint density at radius 3 is 2.28 bits per heavy atom. The molecule has 3 aromatic rings. The Morgan fingerprint density at radius 1 is 1.07 bits per heavy atom. The van der Waals surface area contributed by atoms with Crippen molar-refractivity contribution >= 4 is 38.8 Å².